The predicted octanol–water partition coefficient (Wildman–Crippen LogP) is 2.87. The van der Waals surface area contributed by atoms with Crippen molar-refractivity contribution in [3.05, 3.63) is 40.9 Å². The average Bonchev–Trinajstić information content (AvgIpc) is 2.98. The Morgan fingerprint density at radius 2 is 2.04 bits per heavy atom. The molecule has 0 bridgehead atoms. The standard InChI is InChI=1S/C19H22N4O3/c1-10-7-14-17(15(24)8-10)18(23-19(21-14)20-11(2)22-23)13-6-5-12(25-3)9-16(13)26-4/h5-6,9-10,18H,7-8H2,1-4H3,(H,20,21,22)/t10-,18+/m0/s1. The van der Waals surface area contributed by atoms with Crippen LogP contribution in [0.15, 0.2) is 29.5 Å². The molecular weight excluding hydrogens is 332 g/mol. The summed E-state index contributed by atoms with van der Waals surface area (Å²) in [4.78, 5) is 17.4. The number of benzene rings is 1. The molecule has 26 heavy (non-hydrogen) atoms. The third-order valence-corrected chi connectivity index (χ3v) is 4.97. The summed E-state index contributed by atoms with van der Waals surface area (Å²) in [6.45, 7) is 3.94. The van der Waals surface area contributed by atoms with Crippen LogP contribution in [-0.4, -0.2) is 34.8 Å². The maximum atomic E-state index is 12.9. The molecule has 0 amide bonds. The van der Waals surface area contributed by atoms with Crippen molar-refractivity contribution in [3.63, 3.8) is 0 Å². The number of aromatic nitrogens is 3. The van der Waals surface area contributed by atoms with Gasteiger partial charge in [-0.25, -0.2) is 4.68 Å². The van der Waals surface area contributed by atoms with Gasteiger partial charge >= 0.3 is 0 Å². The van der Waals surface area contributed by atoms with Crippen LogP contribution in [0.5, 0.6) is 11.5 Å². The van der Waals surface area contributed by atoms with Gasteiger partial charge in [0.05, 0.1) is 14.2 Å². The van der Waals surface area contributed by atoms with Gasteiger partial charge in [0.1, 0.15) is 23.4 Å². The maximum Gasteiger partial charge on any atom is 0.226 e. The fourth-order valence-electron chi connectivity index (χ4n) is 3.85. The Labute approximate surface area is 152 Å². The van der Waals surface area contributed by atoms with Crippen LogP contribution < -0.4 is 14.8 Å². The highest BCUT2D eigenvalue weighted by molar-refractivity contribution is 5.99. The maximum absolute atomic E-state index is 12.9. The quantitative estimate of drug-likeness (QED) is 0.913. The summed E-state index contributed by atoms with van der Waals surface area (Å²) < 4.78 is 12.7. The molecule has 0 radical (unpaired) electrons. The van der Waals surface area contributed by atoms with Gasteiger partial charge in [-0.05, 0) is 31.4 Å². The molecule has 4 rings (SSSR count). The Bertz CT molecular complexity index is 916. The zero-order chi connectivity index (χ0) is 18.4. The summed E-state index contributed by atoms with van der Waals surface area (Å²) in [5, 5.41) is 7.86. The number of rotatable bonds is 3. The van der Waals surface area contributed by atoms with Crippen LogP contribution in [0.4, 0.5) is 5.95 Å². The summed E-state index contributed by atoms with van der Waals surface area (Å²) in [6, 6.07) is 5.28. The molecule has 1 aromatic carbocycles. The van der Waals surface area contributed by atoms with E-state index in [9.17, 15) is 4.79 Å². The minimum atomic E-state index is -0.358. The number of methoxy groups -OCH3 is 2. The first kappa shape index (κ1) is 16.6. The van der Waals surface area contributed by atoms with E-state index in [-0.39, 0.29) is 11.8 Å². The first-order chi connectivity index (χ1) is 12.5. The number of nitrogens with one attached hydrogen (secondary N) is 1. The van der Waals surface area contributed by atoms with Crippen molar-refractivity contribution in [1.82, 2.24) is 14.8 Å². The molecule has 1 N–H and O–H groups in total. The van der Waals surface area contributed by atoms with Crippen molar-refractivity contribution in [2.24, 2.45) is 5.92 Å². The van der Waals surface area contributed by atoms with E-state index in [1.165, 1.54) is 0 Å². The number of aryl methyl sites for hydroxylation is 1. The van der Waals surface area contributed by atoms with E-state index in [1.54, 1.807) is 18.9 Å². The highest BCUT2D eigenvalue weighted by Gasteiger charge is 2.39. The molecule has 7 nitrogen and oxygen atoms in total. The lowest BCUT2D eigenvalue weighted by atomic mass is 9.81. The Morgan fingerprint density at radius 3 is 2.77 bits per heavy atom. The molecule has 7 heteroatoms. The molecule has 0 saturated heterocycles. The van der Waals surface area contributed by atoms with Crippen LogP contribution in [-0.2, 0) is 4.79 Å². The van der Waals surface area contributed by atoms with Gasteiger partial charge in [0.15, 0.2) is 5.78 Å². The number of nitrogens with zero attached hydrogens (tertiary/aromatic N) is 3. The molecule has 2 aliphatic rings. The number of ether oxygens (including phenoxy) is 2. The summed E-state index contributed by atoms with van der Waals surface area (Å²) >= 11 is 0. The summed E-state index contributed by atoms with van der Waals surface area (Å²) in [5.74, 6) is 3.13. The zero-order valence-corrected chi connectivity index (χ0v) is 15.4. The van der Waals surface area contributed by atoms with Gasteiger partial charge in [-0.2, -0.15) is 10.1 Å². The van der Waals surface area contributed by atoms with Gasteiger partial charge in [-0.3, -0.25) is 4.79 Å². The van der Waals surface area contributed by atoms with E-state index < -0.39 is 0 Å². The van der Waals surface area contributed by atoms with Gasteiger partial charge < -0.3 is 14.8 Å². The molecule has 1 aliphatic heterocycles. The smallest absolute Gasteiger partial charge is 0.226 e. The first-order valence-corrected chi connectivity index (χ1v) is 8.70. The van der Waals surface area contributed by atoms with Crippen molar-refractivity contribution < 1.29 is 14.3 Å². The first-order valence-electron chi connectivity index (χ1n) is 8.70. The molecule has 1 aromatic heterocycles. The number of ketones is 1. The normalized spacial score (nSPS) is 21.8. The molecular formula is C19H22N4O3. The Hall–Kier alpha value is -2.83. The Balaban J connectivity index is 1.93. The summed E-state index contributed by atoms with van der Waals surface area (Å²) in [7, 11) is 3.23. The van der Waals surface area contributed by atoms with E-state index in [0.29, 0.717) is 35.6 Å². The van der Waals surface area contributed by atoms with E-state index in [2.05, 4.69) is 22.3 Å². The van der Waals surface area contributed by atoms with E-state index in [1.807, 2.05) is 25.1 Å². The lowest BCUT2D eigenvalue weighted by Gasteiger charge is -2.34. The number of hydrogen-bond acceptors (Lipinski definition) is 6. The lowest BCUT2D eigenvalue weighted by Crippen LogP contribution is -2.33. The van der Waals surface area contributed by atoms with Gasteiger partial charge in [0.2, 0.25) is 5.95 Å². The monoisotopic (exact) mass is 354 g/mol. The van der Waals surface area contributed by atoms with Gasteiger partial charge in [-0.1, -0.05) is 6.92 Å². The van der Waals surface area contributed by atoms with Crippen LogP contribution in [0.1, 0.15) is 37.2 Å². The van der Waals surface area contributed by atoms with Gasteiger partial charge in [0, 0.05) is 29.3 Å². The SMILES string of the molecule is COc1ccc([C@@H]2C3=C(C[C@H](C)CC3=O)Nc3nc(C)nn32)c(OC)c1. The second-order valence-corrected chi connectivity index (χ2v) is 6.89. The van der Waals surface area contributed by atoms with E-state index in [4.69, 9.17) is 9.47 Å². The minimum absolute atomic E-state index is 0.146. The van der Waals surface area contributed by atoms with Crippen molar-refractivity contribution in [2.75, 3.05) is 19.5 Å². The number of fused-ring (bicyclic) bond motifs is 1. The number of allylic oxidation sites excluding steroid dienone is 2. The average molecular weight is 354 g/mol. The zero-order valence-electron chi connectivity index (χ0n) is 15.4. The van der Waals surface area contributed by atoms with Gasteiger partial charge in [0.25, 0.3) is 0 Å². The van der Waals surface area contributed by atoms with Crippen LogP contribution >= 0.6 is 0 Å². The number of hydrogen-bond donors (Lipinski definition) is 1. The Kier molecular flexibility index (Phi) is 3.94. The van der Waals surface area contributed by atoms with E-state index >= 15 is 0 Å². The molecule has 2 aromatic rings. The third-order valence-electron chi connectivity index (χ3n) is 4.97. The van der Waals surface area contributed by atoms with Crippen molar-refractivity contribution >= 4 is 11.7 Å². The van der Waals surface area contributed by atoms with Crippen molar-refractivity contribution in [3.8, 4) is 11.5 Å². The number of carbonyl (C=O) groups excluding carboxylic acids is 1. The van der Waals surface area contributed by atoms with Crippen molar-refractivity contribution in [1.29, 1.82) is 0 Å². The molecule has 136 valence electrons. The molecule has 2 atom stereocenters. The Morgan fingerprint density at radius 1 is 1.23 bits per heavy atom. The van der Waals surface area contributed by atoms with Crippen LogP contribution in [0, 0.1) is 12.8 Å². The molecule has 0 unspecified atom stereocenters. The topological polar surface area (TPSA) is 78.3 Å². The lowest BCUT2D eigenvalue weighted by molar-refractivity contribution is -0.117. The molecule has 1 aliphatic carbocycles. The molecule has 2 heterocycles. The highest BCUT2D eigenvalue weighted by atomic mass is 16.5. The van der Waals surface area contributed by atoms with E-state index in [0.717, 1.165) is 23.3 Å². The predicted molar refractivity (Wildman–Crippen MR) is 96.5 cm³/mol. The molecule has 0 spiro atoms. The second-order valence-electron chi connectivity index (χ2n) is 6.89. The largest absolute Gasteiger partial charge is 0.497 e. The van der Waals surface area contributed by atoms with Crippen LogP contribution in [0.25, 0.3) is 0 Å². The van der Waals surface area contributed by atoms with Gasteiger partial charge in [-0.15, -0.1) is 0 Å². The number of carbonyl (C=O) groups is 1. The van der Waals surface area contributed by atoms with Crippen LogP contribution in [0.2, 0.25) is 0 Å². The molecule has 0 fully saturated rings. The minimum Gasteiger partial charge on any atom is -0.497 e. The fourth-order valence-corrected chi connectivity index (χ4v) is 3.85. The third kappa shape index (κ3) is 2.55. The number of Topliss-reactive ketones (excluding diaryl/α,β-unsaturated/α-hetero) is 1. The summed E-state index contributed by atoms with van der Waals surface area (Å²) in [6.07, 6.45) is 1.36. The highest BCUT2D eigenvalue weighted by Crippen LogP contribution is 2.44. The van der Waals surface area contributed by atoms with Crippen LogP contribution in [0.3, 0.4) is 0 Å². The number of anilines is 1. The second kappa shape index (κ2) is 6.16. The molecule has 0 saturated carbocycles. The van der Waals surface area contributed by atoms with Crippen molar-refractivity contribution in [2.45, 2.75) is 32.7 Å². The fraction of sp³-hybridized carbons (Fsp3) is 0.421. The summed E-state index contributed by atoms with van der Waals surface area (Å²) in [5.41, 5.74) is 2.57.